The maximum atomic E-state index is 12.4. The number of unbranched alkanes of at least 4 members (excludes halogenated alkanes) is 1. The molecule has 140 valence electrons. The molecule has 0 aliphatic carbocycles. The Morgan fingerprint density at radius 2 is 1.64 bits per heavy atom. The first kappa shape index (κ1) is 24.7. The molecule has 4 nitrogen and oxygen atoms in total. The number of rotatable bonds is 6. The fourth-order valence-electron chi connectivity index (χ4n) is 2.65. The Hall–Kier alpha value is -1.34. The SMILES string of the molecule is CCCCc1ccc(NC(=O)c2ccc(-c3ccccc3)nc2)cc1.C[O-].[K+]. The summed E-state index contributed by atoms with van der Waals surface area (Å²) >= 11 is 0. The normalized spacial score (nSPS) is 9.54. The number of amides is 1. The summed E-state index contributed by atoms with van der Waals surface area (Å²) < 4.78 is 0. The molecule has 3 rings (SSSR count). The van der Waals surface area contributed by atoms with E-state index in [1.54, 1.807) is 12.3 Å². The summed E-state index contributed by atoms with van der Waals surface area (Å²) in [5, 5.41) is 11.2. The van der Waals surface area contributed by atoms with Crippen molar-refractivity contribution in [1.29, 1.82) is 0 Å². The van der Waals surface area contributed by atoms with Crippen LogP contribution >= 0.6 is 0 Å². The van der Waals surface area contributed by atoms with E-state index in [0.717, 1.165) is 30.5 Å². The van der Waals surface area contributed by atoms with Gasteiger partial charge in [0.05, 0.1) is 11.3 Å². The van der Waals surface area contributed by atoms with Gasteiger partial charge in [-0.3, -0.25) is 9.78 Å². The van der Waals surface area contributed by atoms with E-state index < -0.39 is 0 Å². The molecule has 1 aromatic heterocycles. The fraction of sp³-hybridized carbons (Fsp3) is 0.217. The third-order valence-corrected chi connectivity index (χ3v) is 4.13. The summed E-state index contributed by atoms with van der Waals surface area (Å²) in [6.07, 6.45) is 5.07. The van der Waals surface area contributed by atoms with Gasteiger partial charge in [0, 0.05) is 17.4 Å². The van der Waals surface area contributed by atoms with Gasteiger partial charge in [-0.25, -0.2) is 0 Å². The molecule has 0 saturated heterocycles. The van der Waals surface area contributed by atoms with Crippen LogP contribution in [0.4, 0.5) is 5.69 Å². The minimum atomic E-state index is -0.145. The molecule has 0 atom stereocenters. The van der Waals surface area contributed by atoms with Crippen molar-refractivity contribution < 1.29 is 61.3 Å². The molecule has 28 heavy (non-hydrogen) atoms. The van der Waals surface area contributed by atoms with E-state index in [1.807, 2.05) is 48.5 Å². The molecule has 0 unspecified atom stereocenters. The van der Waals surface area contributed by atoms with Crippen LogP contribution in [0.1, 0.15) is 35.7 Å². The smallest absolute Gasteiger partial charge is 0.857 e. The molecule has 3 aromatic rings. The number of carbonyl (C=O) groups excluding carboxylic acids is 1. The predicted octanol–water partition coefficient (Wildman–Crippen LogP) is 1.32. The molecule has 2 aromatic carbocycles. The molecule has 1 heterocycles. The largest absolute Gasteiger partial charge is 1.00 e. The average molecular weight is 401 g/mol. The standard InChI is InChI=1S/C22H22N2O.CH3O.K/c1-2-3-7-17-10-13-20(14-11-17)24-22(25)19-12-15-21(23-16-19)18-8-5-4-6-9-18;1-2;/h4-6,8-16H,2-3,7H2,1H3,(H,24,25);1H3;/q;-1;+1. The van der Waals surface area contributed by atoms with Crippen molar-refractivity contribution >= 4 is 11.6 Å². The summed E-state index contributed by atoms with van der Waals surface area (Å²) in [7, 11) is 0.750. The summed E-state index contributed by atoms with van der Waals surface area (Å²) in [5.41, 5.74) is 4.55. The number of aryl methyl sites for hydroxylation is 1. The Kier molecular flexibility index (Phi) is 12.1. The van der Waals surface area contributed by atoms with Gasteiger partial charge in [0.1, 0.15) is 0 Å². The second-order valence-electron chi connectivity index (χ2n) is 6.05. The van der Waals surface area contributed by atoms with Crippen molar-refractivity contribution in [2.75, 3.05) is 12.4 Å². The number of nitrogens with zero attached hydrogens (tertiary/aromatic N) is 1. The van der Waals surface area contributed by atoms with E-state index in [1.165, 1.54) is 18.4 Å². The zero-order chi connectivity index (χ0) is 19.5. The van der Waals surface area contributed by atoms with Crippen molar-refractivity contribution in [3.05, 3.63) is 84.1 Å². The van der Waals surface area contributed by atoms with Crippen LogP contribution in [0.25, 0.3) is 11.3 Å². The first-order valence-corrected chi connectivity index (χ1v) is 9.09. The number of anilines is 1. The van der Waals surface area contributed by atoms with E-state index in [2.05, 4.69) is 29.4 Å². The first-order chi connectivity index (χ1) is 13.3. The monoisotopic (exact) mass is 400 g/mol. The van der Waals surface area contributed by atoms with Gasteiger partial charge in [-0.15, -0.1) is 0 Å². The van der Waals surface area contributed by atoms with Crippen molar-refractivity contribution in [2.24, 2.45) is 0 Å². The molecule has 0 radical (unpaired) electrons. The number of hydrogen-bond donors (Lipinski definition) is 1. The van der Waals surface area contributed by atoms with Gasteiger partial charge >= 0.3 is 51.4 Å². The summed E-state index contributed by atoms with van der Waals surface area (Å²) in [6, 6.07) is 21.7. The number of pyridine rings is 1. The zero-order valence-electron chi connectivity index (χ0n) is 16.8. The summed E-state index contributed by atoms with van der Waals surface area (Å²) in [6.45, 7) is 2.19. The summed E-state index contributed by atoms with van der Waals surface area (Å²) in [4.78, 5) is 16.8. The van der Waals surface area contributed by atoms with E-state index in [4.69, 9.17) is 5.11 Å². The third-order valence-electron chi connectivity index (χ3n) is 4.13. The molecule has 5 heteroatoms. The third kappa shape index (κ3) is 7.58. The van der Waals surface area contributed by atoms with Gasteiger partial charge in [-0.1, -0.05) is 55.8 Å². The second kappa shape index (κ2) is 13.8. The fourth-order valence-corrected chi connectivity index (χ4v) is 2.65. The molecule has 0 spiro atoms. The van der Waals surface area contributed by atoms with Crippen LogP contribution in [-0.4, -0.2) is 18.0 Å². The van der Waals surface area contributed by atoms with Crippen molar-refractivity contribution in [3.8, 4) is 11.3 Å². The molecule has 0 saturated carbocycles. The first-order valence-electron chi connectivity index (χ1n) is 9.09. The second-order valence-corrected chi connectivity index (χ2v) is 6.05. The molecular formula is C23H25KN2O2. The van der Waals surface area contributed by atoms with Crippen molar-refractivity contribution in [1.82, 2.24) is 4.98 Å². The summed E-state index contributed by atoms with van der Waals surface area (Å²) in [5.74, 6) is -0.145. The maximum Gasteiger partial charge on any atom is 1.00 e. The Morgan fingerprint density at radius 1 is 0.964 bits per heavy atom. The van der Waals surface area contributed by atoms with Crippen LogP contribution in [0.5, 0.6) is 0 Å². The molecular weight excluding hydrogens is 375 g/mol. The van der Waals surface area contributed by atoms with Gasteiger partial charge in [-0.2, -0.15) is 7.11 Å². The van der Waals surface area contributed by atoms with Crippen LogP contribution < -0.4 is 61.8 Å². The van der Waals surface area contributed by atoms with Crippen molar-refractivity contribution in [3.63, 3.8) is 0 Å². The quantitative estimate of drug-likeness (QED) is 0.635. The number of benzene rings is 2. The molecule has 0 aliphatic rings. The van der Waals surface area contributed by atoms with E-state index in [0.29, 0.717) is 5.56 Å². The van der Waals surface area contributed by atoms with Crippen LogP contribution in [0.15, 0.2) is 72.9 Å². The van der Waals surface area contributed by atoms with E-state index >= 15 is 0 Å². The van der Waals surface area contributed by atoms with Crippen LogP contribution in [-0.2, 0) is 6.42 Å². The minimum Gasteiger partial charge on any atom is -0.857 e. The Labute approximate surface area is 209 Å². The van der Waals surface area contributed by atoms with Gasteiger partial charge < -0.3 is 10.4 Å². The molecule has 0 bridgehead atoms. The Balaban J connectivity index is 0.00000127. The Morgan fingerprint density at radius 3 is 2.21 bits per heavy atom. The van der Waals surface area contributed by atoms with E-state index in [-0.39, 0.29) is 57.3 Å². The van der Waals surface area contributed by atoms with Crippen LogP contribution in [0.3, 0.4) is 0 Å². The average Bonchev–Trinajstić information content (AvgIpc) is 2.75. The molecule has 0 aliphatic heterocycles. The molecule has 1 amide bonds. The minimum absolute atomic E-state index is 0. The van der Waals surface area contributed by atoms with Gasteiger partial charge in [0.2, 0.25) is 0 Å². The van der Waals surface area contributed by atoms with Crippen molar-refractivity contribution in [2.45, 2.75) is 26.2 Å². The van der Waals surface area contributed by atoms with Crippen LogP contribution in [0, 0.1) is 0 Å². The predicted molar refractivity (Wildman–Crippen MR) is 109 cm³/mol. The van der Waals surface area contributed by atoms with Crippen LogP contribution in [0.2, 0.25) is 0 Å². The van der Waals surface area contributed by atoms with Gasteiger partial charge in [0.25, 0.3) is 5.91 Å². The Bertz CT molecular complexity index is 819. The maximum absolute atomic E-state index is 12.4. The topological polar surface area (TPSA) is 65.0 Å². The zero-order valence-corrected chi connectivity index (χ0v) is 19.9. The number of aromatic nitrogens is 1. The number of hydrogen-bond acceptors (Lipinski definition) is 3. The number of nitrogens with one attached hydrogen (secondary N) is 1. The van der Waals surface area contributed by atoms with E-state index in [9.17, 15) is 4.79 Å². The number of carbonyl (C=O) groups is 1. The van der Waals surface area contributed by atoms with Gasteiger partial charge in [-0.05, 0) is 42.7 Å². The molecule has 1 N–H and O–H groups in total. The molecule has 0 fully saturated rings. The van der Waals surface area contributed by atoms with Gasteiger partial charge in [0.15, 0.2) is 0 Å².